The van der Waals surface area contributed by atoms with Crippen LogP contribution < -0.4 is 5.73 Å². The van der Waals surface area contributed by atoms with E-state index in [1.807, 2.05) is 19.4 Å². The van der Waals surface area contributed by atoms with Gasteiger partial charge in [0.25, 0.3) is 0 Å². The van der Waals surface area contributed by atoms with Crippen LogP contribution in [0.3, 0.4) is 0 Å². The number of nitrogens with two attached hydrogens (primary N) is 1. The molecule has 4 heteroatoms. The van der Waals surface area contributed by atoms with E-state index in [4.69, 9.17) is 5.73 Å². The number of imidazole rings is 1. The van der Waals surface area contributed by atoms with E-state index in [0.29, 0.717) is 6.04 Å². The molecule has 96 valence electrons. The Balaban J connectivity index is 1.74. The van der Waals surface area contributed by atoms with Crippen LogP contribution in [0.5, 0.6) is 0 Å². The zero-order chi connectivity index (χ0) is 12.3. The Labute approximate surface area is 104 Å². The third-order valence-electron chi connectivity index (χ3n) is 3.93. The Morgan fingerprint density at radius 3 is 2.94 bits per heavy atom. The molecule has 0 amide bonds. The summed E-state index contributed by atoms with van der Waals surface area (Å²) in [6.07, 6.45) is 8.92. The molecule has 0 aliphatic heterocycles. The van der Waals surface area contributed by atoms with Crippen molar-refractivity contribution in [2.24, 2.45) is 18.7 Å². The second-order valence-corrected chi connectivity index (χ2v) is 5.34. The maximum Gasteiger partial charge on any atom is 0.122 e. The van der Waals surface area contributed by atoms with Gasteiger partial charge in [-0.3, -0.25) is 4.90 Å². The topological polar surface area (TPSA) is 47.1 Å². The van der Waals surface area contributed by atoms with Gasteiger partial charge in [-0.05, 0) is 38.8 Å². The summed E-state index contributed by atoms with van der Waals surface area (Å²) in [5.74, 6) is 1.86. The number of hydrogen-bond acceptors (Lipinski definition) is 3. The third kappa shape index (κ3) is 3.30. The van der Waals surface area contributed by atoms with Crippen molar-refractivity contribution >= 4 is 0 Å². The summed E-state index contributed by atoms with van der Waals surface area (Å²) in [5.41, 5.74) is 6.09. The summed E-state index contributed by atoms with van der Waals surface area (Å²) in [4.78, 5) is 6.69. The summed E-state index contributed by atoms with van der Waals surface area (Å²) in [7, 11) is 4.21. The SMILES string of the molecule is CN(CCC1CCCC1N)Cc1nccn1C. The zero-order valence-corrected chi connectivity index (χ0v) is 11.0. The van der Waals surface area contributed by atoms with Gasteiger partial charge in [-0.25, -0.2) is 4.98 Å². The first-order valence-corrected chi connectivity index (χ1v) is 6.57. The molecule has 1 heterocycles. The van der Waals surface area contributed by atoms with Crippen LogP contribution in [0, 0.1) is 5.92 Å². The quantitative estimate of drug-likeness (QED) is 0.840. The molecule has 0 saturated heterocycles. The monoisotopic (exact) mass is 236 g/mol. The van der Waals surface area contributed by atoms with Crippen LogP contribution in [0.15, 0.2) is 12.4 Å². The molecule has 0 radical (unpaired) electrons. The van der Waals surface area contributed by atoms with E-state index in [9.17, 15) is 0 Å². The fraction of sp³-hybridized carbons (Fsp3) is 0.769. The predicted molar refractivity (Wildman–Crippen MR) is 69.5 cm³/mol. The minimum Gasteiger partial charge on any atom is -0.337 e. The van der Waals surface area contributed by atoms with E-state index in [-0.39, 0.29) is 0 Å². The Bertz CT molecular complexity index is 347. The van der Waals surface area contributed by atoms with E-state index < -0.39 is 0 Å². The van der Waals surface area contributed by atoms with Gasteiger partial charge in [0.05, 0.1) is 6.54 Å². The minimum absolute atomic E-state index is 0.441. The molecule has 0 aromatic carbocycles. The van der Waals surface area contributed by atoms with Crippen LogP contribution in [0.25, 0.3) is 0 Å². The second kappa shape index (κ2) is 5.65. The summed E-state index contributed by atoms with van der Waals surface area (Å²) in [6.45, 7) is 2.04. The van der Waals surface area contributed by atoms with Gasteiger partial charge in [0.2, 0.25) is 0 Å². The van der Waals surface area contributed by atoms with Gasteiger partial charge < -0.3 is 10.3 Å². The Kier molecular flexibility index (Phi) is 4.18. The highest BCUT2D eigenvalue weighted by Gasteiger charge is 2.23. The van der Waals surface area contributed by atoms with Crippen LogP contribution in [0.2, 0.25) is 0 Å². The van der Waals surface area contributed by atoms with E-state index in [1.54, 1.807) is 0 Å². The maximum absolute atomic E-state index is 6.09. The van der Waals surface area contributed by atoms with E-state index in [1.165, 1.54) is 25.7 Å². The van der Waals surface area contributed by atoms with E-state index >= 15 is 0 Å². The van der Waals surface area contributed by atoms with Gasteiger partial charge in [0, 0.05) is 25.5 Å². The average Bonchev–Trinajstić information content (AvgIpc) is 2.86. The number of aryl methyl sites for hydroxylation is 1. The number of hydrogen-bond donors (Lipinski definition) is 1. The van der Waals surface area contributed by atoms with Crippen LogP contribution >= 0.6 is 0 Å². The summed E-state index contributed by atoms with van der Waals surface area (Å²) < 4.78 is 2.08. The molecule has 1 aliphatic rings. The van der Waals surface area contributed by atoms with Crippen molar-refractivity contribution in [3.05, 3.63) is 18.2 Å². The highest BCUT2D eigenvalue weighted by atomic mass is 15.1. The molecule has 1 fully saturated rings. The van der Waals surface area contributed by atoms with Gasteiger partial charge in [0.15, 0.2) is 0 Å². The molecule has 1 aromatic rings. The number of rotatable bonds is 5. The Morgan fingerprint density at radius 2 is 2.35 bits per heavy atom. The molecule has 17 heavy (non-hydrogen) atoms. The molecule has 2 atom stereocenters. The largest absolute Gasteiger partial charge is 0.337 e. The highest BCUT2D eigenvalue weighted by Crippen LogP contribution is 2.26. The smallest absolute Gasteiger partial charge is 0.122 e. The molecule has 0 bridgehead atoms. The highest BCUT2D eigenvalue weighted by molar-refractivity contribution is 4.90. The molecule has 2 unspecified atom stereocenters. The van der Waals surface area contributed by atoms with Crippen molar-refractivity contribution in [2.45, 2.75) is 38.3 Å². The zero-order valence-electron chi connectivity index (χ0n) is 11.0. The molecule has 1 saturated carbocycles. The molecular formula is C13H24N4. The predicted octanol–water partition coefficient (Wildman–Crippen LogP) is 1.37. The lowest BCUT2D eigenvalue weighted by Crippen LogP contribution is -2.29. The summed E-state index contributed by atoms with van der Waals surface area (Å²) in [5, 5.41) is 0. The molecule has 0 spiro atoms. The molecular weight excluding hydrogens is 212 g/mol. The van der Waals surface area contributed by atoms with Crippen LogP contribution in [0.4, 0.5) is 0 Å². The van der Waals surface area contributed by atoms with E-state index in [2.05, 4.69) is 21.5 Å². The van der Waals surface area contributed by atoms with Crippen molar-refractivity contribution in [1.82, 2.24) is 14.5 Å². The van der Waals surface area contributed by atoms with Gasteiger partial charge in [-0.1, -0.05) is 6.42 Å². The fourth-order valence-electron chi connectivity index (χ4n) is 2.68. The van der Waals surface area contributed by atoms with E-state index in [0.717, 1.165) is 24.8 Å². The van der Waals surface area contributed by atoms with Crippen LogP contribution in [0.1, 0.15) is 31.5 Å². The molecule has 1 aliphatic carbocycles. The summed E-state index contributed by atoms with van der Waals surface area (Å²) in [6, 6.07) is 0.441. The third-order valence-corrected chi connectivity index (χ3v) is 3.93. The number of nitrogens with zero attached hydrogens (tertiary/aromatic N) is 3. The Hall–Kier alpha value is -0.870. The first kappa shape index (κ1) is 12.6. The number of aromatic nitrogens is 2. The maximum atomic E-state index is 6.09. The first-order chi connectivity index (χ1) is 8.16. The molecule has 4 nitrogen and oxygen atoms in total. The van der Waals surface area contributed by atoms with Gasteiger partial charge in [0.1, 0.15) is 5.82 Å². The van der Waals surface area contributed by atoms with Gasteiger partial charge >= 0.3 is 0 Å². The van der Waals surface area contributed by atoms with Crippen molar-refractivity contribution in [3.8, 4) is 0 Å². The normalized spacial score (nSPS) is 24.7. The van der Waals surface area contributed by atoms with Crippen LogP contribution in [-0.2, 0) is 13.6 Å². The van der Waals surface area contributed by atoms with Gasteiger partial charge in [-0.2, -0.15) is 0 Å². The first-order valence-electron chi connectivity index (χ1n) is 6.57. The lowest BCUT2D eigenvalue weighted by molar-refractivity contribution is 0.278. The molecule has 2 N–H and O–H groups in total. The minimum atomic E-state index is 0.441. The van der Waals surface area contributed by atoms with Gasteiger partial charge in [-0.15, -0.1) is 0 Å². The van der Waals surface area contributed by atoms with Crippen LogP contribution in [-0.4, -0.2) is 34.1 Å². The summed E-state index contributed by atoms with van der Waals surface area (Å²) >= 11 is 0. The second-order valence-electron chi connectivity index (χ2n) is 5.34. The van der Waals surface area contributed by atoms with Crippen molar-refractivity contribution in [2.75, 3.05) is 13.6 Å². The molecule has 2 rings (SSSR count). The van der Waals surface area contributed by atoms with Crippen molar-refractivity contribution in [3.63, 3.8) is 0 Å². The van der Waals surface area contributed by atoms with Crippen molar-refractivity contribution in [1.29, 1.82) is 0 Å². The molecule has 1 aromatic heterocycles. The fourth-order valence-corrected chi connectivity index (χ4v) is 2.68. The Morgan fingerprint density at radius 1 is 1.53 bits per heavy atom. The lowest BCUT2D eigenvalue weighted by atomic mass is 10.0. The average molecular weight is 236 g/mol. The van der Waals surface area contributed by atoms with Crippen molar-refractivity contribution < 1.29 is 0 Å². The lowest BCUT2D eigenvalue weighted by Gasteiger charge is -2.20. The standard InChI is InChI=1S/C13H24N4/c1-16(10-13-15-7-9-17(13)2)8-6-11-4-3-5-12(11)14/h7,9,11-12H,3-6,8,10,14H2,1-2H3.